The maximum Gasteiger partial charge on any atom is 0.224 e. The average molecular weight is 345 g/mol. The van der Waals surface area contributed by atoms with Gasteiger partial charge in [-0.15, -0.1) is 0 Å². The maximum absolute atomic E-state index is 12.4. The number of amides is 1. The first-order chi connectivity index (χ1) is 12.1. The van der Waals surface area contributed by atoms with Gasteiger partial charge in [0.2, 0.25) is 5.91 Å². The van der Waals surface area contributed by atoms with Gasteiger partial charge in [-0.3, -0.25) is 4.79 Å². The SMILES string of the molecule is CCNC(=NCc1ccccc1C)NCCC(=O)N1CCCCC1C. The Labute approximate surface area is 151 Å². The molecule has 138 valence electrons. The fraction of sp³-hybridized carbons (Fsp3) is 0.600. The normalized spacial score (nSPS) is 18.1. The fourth-order valence-corrected chi connectivity index (χ4v) is 3.19. The van der Waals surface area contributed by atoms with Crippen molar-refractivity contribution in [2.75, 3.05) is 19.6 Å². The number of piperidine rings is 1. The van der Waals surface area contributed by atoms with Crippen molar-refractivity contribution in [2.24, 2.45) is 4.99 Å². The number of carbonyl (C=O) groups is 1. The van der Waals surface area contributed by atoms with Crippen LogP contribution in [-0.2, 0) is 11.3 Å². The van der Waals surface area contributed by atoms with Gasteiger partial charge in [-0.1, -0.05) is 24.3 Å². The van der Waals surface area contributed by atoms with Crippen molar-refractivity contribution in [3.05, 3.63) is 35.4 Å². The van der Waals surface area contributed by atoms with Gasteiger partial charge in [-0.2, -0.15) is 0 Å². The van der Waals surface area contributed by atoms with E-state index in [2.05, 4.69) is 41.6 Å². The van der Waals surface area contributed by atoms with E-state index in [9.17, 15) is 4.79 Å². The highest BCUT2D eigenvalue weighted by Gasteiger charge is 2.22. The summed E-state index contributed by atoms with van der Waals surface area (Å²) in [6, 6.07) is 8.66. The fourth-order valence-electron chi connectivity index (χ4n) is 3.19. The molecular formula is C20H32N4O. The van der Waals surface area contributed by atoms with Crippen LogP contribution in [0.5, 0.6) is 0 Å². The van der Waals surface area contributed by atoms with Crippen LogP contribution in [0.3, 0.4) is 0 Å². The summed E-state index contributed by atoms with van der Waals surface area (Å²) in [5.74, 6) is 1.01. The van der Waals surface area contributed by atoms with E-state index in [0.29, 0.717) is 25.6 Å². The summed E-state index contributed by atoms with van der Waals surface area (Å²) in [6.07, 6.45) is 4.00. The highest BCUT2D eigenvalue weighted by Crippen LogP contribution is 2.17. The molecule has 5 heteroatoms. The number of aryl methyl sites for hydroxylation is 1. The van der Waals surface area contributed by atoms with Crippen molar-refractivity contribution in [3.8, 4) is 0 Å². The third-order valence-corrected chi connectivity index (χ3v) is 4.77. The zero-order chi connectivity index (χ0) is 18.1. The van der Waals surface area contributed by atoms with Gasteiger partial charge in [0.15, 0.2) is 5.96 Å². The summed E-state index contributed by atoms with van der Waals surface area (Å²) in [6.45, 7) is 9.26. The van der Waals surface area contributed by atoms with E-state index >= 15 is 0 Å². The van der Waals surface area contributed by atoms with E-state index in [-0.39, 0.29) is 5.91 Å². The van der Waals surface area contributed by atoms with Crippen LogP contribution in [0.2, 0.25) is 0 Å². The van der Waals surface area contributed by atoms with Crippen LogP contribution in [0.1, 0.15) is 50.7 Å². The number of guanidine groups is 1. The second kappa shape index (κ2) is 10.1. The molecule has 1 fully saturated rings. The molecule has 1 aromatic rings. The number of rotatable bonds is 6. The van der Waals surface area contributed by atoms with Crippen molar-refractivity contribution >= 4 is 11.9 Å². The lowest BCUT2D eigenvalue weighted by molar-refractivity contribution is -0.134. The van der Waals surface area contributed by atoms with Crippen molar-refractivity contribution < 1.29 is 4.79 Å². The average Bonchev–Trinajstić information content (AvgIpc) is 2.61. The van der Waals surface area contributed by atoms with Crippen molar-refractivity contribution in [2.45, 2.75) is 59.0 Å². The topological polar surface area (TPSA) is 56.7 Å². The summed E-state index contributed by atoms with van der Waals surface area (Å²) in [4.78, 5) is 19.1. The molecule has 1 atom stereocenters. The number of nitrogens with zero attached hydrogens (tertiary/aromatic N) is 2. The number of aliphatic imine (C=N–C) groups is 1. The van der Waals surface area contributed by atoms with Crippen LogP contribution in [0.15, 0.2) is 29.3 Å². The Bertz CT molecular complexity index is 585. The second-order valence-corrected chi connectivity index (χ2v) is 6.73. The molecule has 0 aromatic heterocycles. The van der Waals surface area contributed by atoms with Gasteiger partial charge in [-0.05, 0) is 51.2 Å². The molecule has 0 saturated carbocycles. The number of likely N-dealkylation sites (tertiary alicyclic amines) is 1. The van der Waals surface area contributed by atoms with E-state index in [1.54, 1.807) is 0 Å². The zero-order valence-electron chi connectivity index (χ0n) is 15.8. The molecule has 0 bridgehead atoms. The Balaban J connectivity index is 1.83. The summed E-state index contributed by atoms with van der Waals surface area (Å²) in [5.41, 5.74) is 2.47. The molecule has 0 radical (unpaired) electrons. The zero-order valence-corrected chi connectivity index (χ0v) is 15.8. The van der Waals surface area contributed by atoms with Gasteiger partial charge in [0.25, 0.3) is 0 Å². The van der Waals surface area contributed by atoms with Crippen molar-refractivity contribution in [1.29, 1.82) is 0 Å². The predicted octanol–water partition coefficient (Wildman–Crippen LogP) is 2.84. The molecule has 1 unspecified atom stereocenters. The number of nitrogens with one attached hydrogen (secondary N) is 2. The standard InChI is InChI=1S/C20H32N4O/c1-4-21-20(23-15-18-11-6-5-9-16(18)2)22-13-12-19(25)24-14-8-7-10-17(24)3/h5-6,9,11,17H,4,7-8,10,12-15H2,1-3H3,(H2,21,22,23). The number of benzene rings is 1. The molecular weight excluding hydrogens is 312 g/mol. The summed E-state index contributed by atoms with van der Waals surface area (Å²) in [5, 5.41) is 6.53. The Morgan fingerprint density at radius 1 is 1.28 bits per heavy atom. The Morgan fingerprint density at radius 2 is 2.08 bits per heavy atom. The van der Waals surface area contributed by atoms with Gasteiger partial charge >= 0.3 is 0 Å². The molecule has 25 heavy (non-hydrogen) atoms. The van der Waals surface area contributed by atoms with Crippen LogP contribution >= 0.6 is 0 Å². The molecule has 1 saturated heterocycles. The first-order valence-electron chi connectivity index (χ1n) is 9.48. The van der Waals surface area contributed by atoms with Crippen LogP contribution in [0.4, 0.5) is 0 Å². The van der Waals surface area contributed by atoms with Crippen molar-refractivity contribution in [1.82, 2.24) is 15.5 Å². The lowest BCUT2D eigenvalue weighted by atomic mass is 10.0. The lowest BCUT2D eigenvalue weighted by Crippen LogP contribution is -2.44. The highest BCUT2D eigenvalue weighted by molar-refractivity contribution is 5.81. The largest absolute Gasteiger partial charge is 0.357 e. The number of carbonyl (C=O) groups excluding carboxylic acids is 1. The molecule has 1 aliphatic rings. The molecule has 1 aliphatic heterocycles. The molecule has 2 N–H and O–H groups in total. The third-order valence-electron chi connectivity index (χ3n) is 4.77. The summed E-state index contributed by atoms with van der Waals surface area (Å²) < 4.78 is 0. The lowest BCUT2D eigenvalue weighted by Gasteiger charge is -2.33. The number of hydrogen-bond acceptors (Lipinski definition) is 2. The molecule has 1 heterocycles. The number of hydrogen-bond donors (Lipinski definition) is 2. The summed E-state index contributed by atoms with van der Waals surface area (Å²) >= 11 is 0. The van der Waals surface area contributed by atoms with Crippen molar-refractivity contribution in [3.63, 3.8) is 0 Å². The predicted molar refractivity (Wildman–Crippen MR) is 104 cm³/mol. The highest BCUT2D eigenvalue weighted by atomic mass is 16.2. The molecule has 2 rings (SSSR count). The Morgan fingerprint density at radius 3 is 2.80 bits per heavy atom. The maximum atomic E-state index is 12.4. The Hall–Kier alpha value is -2.04. The monoisotopic (exact) mass is 344 g/mol. The quantitative estimate of drug-likeness (QED) is 0.616. The van der Waals surface area contributed by atoms with Crippen LogP contribution in [0, 0.1) is 6.92 Å². The minimum absolute atomic E-state index is 0.245. The van der Waals surface area contributed by atoms with E-state index in [0.717, 1.165) is 31.9 Å². The Kier molecular flexibility index (Phi) is 7.76. The second-order valence-electron chi connectivity index (χ2n) is 6.73. The minimum atomic E-state index is 0.245. The third kappa shape index (κ3) is 6.07. The van der Waals surface area contributed by atoms with Crippen LogP contribution < -0.4 is 10.6 Å². The van der Waals surface area contributed by atoms with E-state index in [1.807, 2.05) is 24.0 Å². The molecule has 1 amide bonds. The van der Waals surface area contributed by atoms with E-state index < -0.39 is 0 Å². The first-order valence-corrected chi connectivity index (χ1v) is 9.48. The van der Waals surface area contributed by atoms with Crippen LogP contribution in [-0.4, -0.2) is 42.4 Å². The van der Waals surface area contributed by atoms with Gasteiger partial charge in [0.05, 0.1) is 6.54 Å². The van der Waals surface area contributed by atoms with Gasteiger partial charge < -0.3 is 15.5 Å². The van der Waals surface area contributed by atoms with E-state index in [4.69, 9.17) is 0 Å². The first kappa shape index (κ1) is 19.3. The van der Waals surface area contributed by atoms with Crippen LogP contribution in [0.25, 0.3) is 0 Å². The molecule has 5 nitrogen and oxygen atoms in total. The molecule has 1 aromatic carbocycles. The molecule has 0 spiro atoms. The minimum Gasteiger partial charge on any atom is -0.357 e. The smallest absolute Gasteiger partial charge is 0.224 e. The summed E-state index contributed by atoms with van der Waals surface area (Å²) in [7, 11) is 0. The van der Waals surface area contributed by atoms with Gasteiger partial charge in [0.1, 0.15) is 0 Å². The van der Waals surface area contributed by atoms with Gasteiger partial charge in [0, 0.05) is 32.1 Å². The van der Waals surface area contributed by atoms with Gasteiger partial charge in [-0.25, -0.2) is 4.99 Å². The molecule has 0 aliphatic carbocycles. The van der Waals surface area contributed by atoms with E-state index in [1.165, 1.54) is 17.5 Å².